The summed E-state index contributed by atoms with van der Waals surface area (Å²) < 4.78 is 13.5. The molecule has 0 saturated heterocycles. The first-order valence-electron chi connectivity index (χ1n) is 14.0. The van der Waals surface area contributed by atoms with Gasteiger partial charge < -0.3 is 29.0 Å². The minimum atomic E-state index is -1.21. The van der Waals surface area contributed by atoms with Crippen LogP contribution in [0.4, 0.5) is 4.79 Å². The van der Waals surface area contributed by atoms with Crippen molar-refractivity contribution in [3.05, 3.63) is 53.4 Å². The van der Waals surface area contributed by atoms with Crippen molar-refractivity contribution in [2.24, 2.45) is 13.0 Å². The molecule has 1 fully saturated rings. The molecule has 2 heterocycles. The molecule has 0 bridgehead atoms. The van der Waals surface area contributed by atoms with E-state index in [9.17, 15) is 19.5 Å². The van der Waals surface area contributed by atoms with Crippen LogP contribution in [0.3, 0.4) is 0 Å². The first-order valence-corrected chi connectivity index (χ1v) is 14.0. The van der Waals surface area contributed by atoms with Crippen molar-refractivity contribution in [1.82, 2.24) is 19.8 Å². The highest BCUT2D eigenvalue weighted by Crippen LogP contribution is 2.28. The van der Waals surface area contributed by atoms with Gasteiger partial charge in [0.2, 0.25) is 5.89 Å². The summed E-state index contributed by atoms with van der Waals surface area (Å²) in [5.74, 6) is -1.36. The number of carbonyl (C=O) groups excluding carboxylic acids is 2. The summed E-state index contributed by atoms with van der Waals surface area (Å²) >= 11 is 0. The lowest BCUT2D eigenvalue weighted by molar-refractivity contribution is -0.132. The molecule has 1 saturated carbocycles. The Labute approximate surface area is 234 Å². The van der Waals surface area contributed by atoms with Crippen molar-refractivity contribution < 1.29 is 28.6 Å². The molecule has 216 valence electrons. The Morgan fingerprint density at radius 3 is 2.55 bits per heavy atom. The van der Waals surface area contributed by atoms with Crippen molar-refractivity contribution in [1.29, 1.82) is 0 Å². The predicted molar refractivity (Wildman–Crippen MR) is 150 cm³/mol. The van der Waals surface area contributed by atoms with Crippen LogP contribution in [0.5, 0.6) is 0 Å². The number of fused-ring (bicyclic) bond motifs is 1. The van der Waals surface area contributed by atoms with Crippen LogP contribution in [-0.2, 0) is 23.0 Å². The van der Waals surface area contributed by atoms with Gasteiger partial charge in [-0.25, -0.2) is 14.6 Å². The molecule has 0 unspecified atom stereocenters. The Morgan fingerprint density at radius 1 is 1.20 bits per heavy atom. The summed E-state index contributed by atoms with van der Waals surface area (Å²) in [5.41, 5.74) is 1.76. The smallest absolute Gasteiger partial charge is 0.410 e. The summed E-state index contributed by atoms with van der Waals surface area (Å²) in [7, 11) is 3.67. The molecule has 10 heteroatoms. The number of aromatic nitrogens is 2. The maximum atomic E-state index is 13.7. The number of aromatic carboxylic acids is 1. The molecule has 2 atom stereocenters. The number of para-hydroxylation sites is 1. The lowest BCUT2D eigenvalue weighted by atomic mass is 9.95. The SMILES string of the molecule is Cc1oc([C@@H](Cc2cn(C)c3ccccc23)NC(=O)[C@H](CC(C)C)OC(=O)N(C)C2CCCCC2)nc1C(=O)O. The molecule has 1 aliphatic carbocycles. The topological polar surface area (TPSA) is 127 Å². The third kappa shape index (κ3) is 6.66. The quantitative estimate of drug-likeness (QED) is 0.345. The number of oxazole rings is 1. The van der Waals surface area contributed by atoms with Crippen molar-refractivity contribution in [2.75, 3.05) is 7.05 Å². The Morgan fingerprint density at radius 2 is 1.90 bits per heavy atom. The standard InChI is InChI=1S/C30H40N4O6/c1-18(2)15-25(40-30(38)34(5)21-11-7-6-8-12-21)27(35)31-23(28-32-26(29(36)37)19(3)39-28)16-20-17-33(4)24-14-10-9-13-22(20)24/h9-10,13-14,17-18,21,23,25H,6-8,11-12,15-16H2,1-5H3,(H,31,35)(H,36,37)/t23-,25+/m1/s1. The fraction of sp³-hybridized carbons (Fsp3) is 0.533. The van der Waals surface area contributed by atoms with Crippen molar-refractivity contribution in [3.8, 4) is 0 Å². The Kier molecular flexibility index (Phi) is 9.17. The number of hydrogen-bond donors (Lipinski definition) is 2. The number of nitrogens with one attached hydrogen (secondary N) is 1. The van der Waals surface area contributed by atoms with Crippen molar-refractivity contribution >= 4 is 28.9 Å². The summed E-state index contributed by atoms with van der Waals surface area (Å²) in [6, 6.07) is 7.22. The van der Waals surface area contributed by atoms with Gasteiger partial charge in [-0.3, -0.25) is 4.79 Å². The van der Waals surface area contributed by atoms with Gasteiger partial charge in [-0.05, 0) is 43.7 Å². The molecule has 1 aliphatic rings. The second-order valence-corrected chi connectivity index (χ2v) is 11.2. The zero-order valence-electron chi connectivity index (χ0n) is 24.0. The average molecular weight is 553 g/mol. The minimum Gasteiger partial charge on any atom is -0.476 e. The number of rotatable bonds is 10. The zero-order valence-corrected chi connectivity index (χ0v) is 24.0. The number of carboxylic acids is 1. The third-order valence-electron chi connectivity index (χ3n) is 7.67. The number of amides is 2. The number of carboxylic acid groups (broad SMARTS) is 1. The highest BCUT2D eigenvalue weighted by Gasteiger charge is 2.32. The van der Waals surface area contributed by atoms with Crippen LogP contribution in [0, 0.1) is 12.8 Å². The fourth-order valence-corrected chi connectivity index (χ4v) is 5.50. The van der Waals surface area contributed by atoms with Gasteiger partial charge in [0, 0.05) is 43.7 Å². The summed E-state index contributed by atoms with van der Waals surface area (Å²) in [5, 5.41) is 13.5. The molecule has 2 aromatic heterocycles. The molecule has 3 aromatic rings. The second-order valence-electron chi connectivity index (χ2n) is 11.2. The van der Waals surface area contributed by atoms with Crippen molar-refractivity contribution in [2.45, 2.75) is 83.9 Å². The third-order valence-corrected chi connectivity index (χ3v) is 7.67. The lowest BCUT2D eigenvalue weighted by Crippen LogP contribution is -2.45. The van der Waals surface area contributed by atoms with E-state index < -0.39 is 30.1 Å². The fourth-order valence-electron chi connectivity index (χ4n) is 5.50. The van der Waals surface area contributed by atoms with E-state index in [0.717, 1.165) is 42.1 Å². The van der Waals surface area contributed by atoms with Crippen LogP contribution >= 0.6 is 0 Å². The van der Waals surface area contributed by atoms with E-state index in [1.807, 2.05) is 55.9 Å². The van der Waals surface area contributed by atoms with Crippen LogP contribution in [0.1, 0.15) is 86.1 Å². The number of hydrogen-bond acceptors (Lipinski definition) is 6. The predicted octanol–water partition coefficient (Wildman–Crippen LogP) is 5.39. The molecule has 4 rings (SSSR count). The highest BCUT2D eigenvalue weighted by molar-refractivity contribution is 5.87. The first kappa shape index (κ1) is 29.2. The molecule has 0 aliphatic heterocycles. The highest BCUT2D eigenvalue weighted by atomic mass is 16.6. The Hall–Kier alpha value is -3.82. The molecule has 1 aromatic carbocycles. The lowest BCUT2D eigenvalue weighted by Gasteiger charge is -2.32. The number of nitrogens with zero attached hydrogens (tertiary/aromatic N) is 3. The average Bonchev–Trinajstić information content (AvgIpc) is 3.47. The Bertz CT molecular complexity index is 1350. The normalized spacial score (nSPS) is 15.7. The van der Waals surface area contributed by atoms with E-state index >= 15 is 0 Å². The number of carbonyl (C=O) groups is 3. The zero-order chi connectivity index (χ0) is 29.0. The number of aryl methyl sites for hydroxylation is 2. The van der Waals surface area contributed by atoms with E-state index in [1.54, 1.807) is 11.9 Å². The van der Waals surface area contributed by atoms with Gasteiger partial charge in [-0.2, -0.15) is 0 Å². The molecule has 40 heavy (non-hydrogen) atoms. The molecule has 10 nitrogen and oxygen atoms in total. The van der Waals surface area contributed by atoms with Crippen LogP contribution in [0.25, 0.3) is 10.9 Å². The van der Waals surface area contributed by atoms with Crippen LogP contribution < -0.4 is 5.32 Å². The summed E-state index contributed by atoms with van der Waals surface area (Å²) in [6.45, 7) is 5.45. The van der Waals surface area contributed by atoms with Gasteiger partial charge >= 0.3 is 12.1 Å². The molecular formula is C30H40N4O6. The molecule has 2 amide bonds. The maximum Gasteiger partial charge on any atom is 0.410 e. The van der Waals surface area contributed by atoms with Gasteiger partial charge in [0.05, 0.1) is 0 Å². The minimum absolute atomic E-state index is 0.0858. The van der Waals surface area contributed by atoms with E-state index in [2.05, 4.69) is 10.3 Å². The van der Waals surface area contributed by atoms with Gasteiger partial charge in [0.1, 0.15) is 11.8 Å². The first-order chi connectivity index (χ1) is 19.0. The van der Waals surface area contributed by atoms with Gasteiger partial charge in [-0.1, -0.05) is 51.3 Å². The van der Waals surface area contributed by atoms with Crippen LogP contribution in [0.2, 0.25) is 0 Å². The van der Waals surface area contributed by atoms with Crippen molar-refractivity contribution in [3.63, 3.8) is 0 Å². The molecular weight excluding hydrogens is 512 g/mol. The Balaban J connectivity index is 1.60. The molecule has 0 radical (unpaired) electrons. The van der Waals surface area contributed by atoms with E-state index in [1.165, 1.54) is 13.3 Å². The van der Waals surface area contributed by atoms with E-state index in [0.29, 0.717) is 12.8 Å². The molecule has 2 N–H and O–H groups in total. The summed E-state index contributed by atoms with van der Waals surface area (Å²) in [4.78, 5) is 44.3. The largest absolute Gasteiger partial charge is 0.476 e. The van der Waals surface area contributed by atoms with Gasteiger partial charge in [0.25, 0.3) is 5.91 Å². The van der Waals surface area contributed by atoms with E-state index in [-0.39, 0.29) is 29.3 Å². The maximum absolute atomic E-state index is 13.7. The summed E-state index contributed by atoms with van der Waals surface area (Å²) in [6.07, 6.45) is 6.23. The number of benzene rings is 1. The second kappa shape index (κ2) is 12.6. The van der Waals surface area contributed by atoms with Gasteiger partial charge in [0.15, 0.2) is 11.8 Å². The number of ether oxygens (including phenoxy) is 1. The monoisotopic (exact) mass is 552 g/mol. The van der Waals surface area contributed by atoms with E-state index in [4.69, 9.17) is 9.15 Å². The van der Waals surface area contributed by atoms with Crippen LogP contribution in [-0.4, -0.2) is 56.7 Å². The van der Waals surface area contributed by atoms with Crippen LogP contribution in [0.15, 0.2) is 34.9 Å². The molecule has 0 spiro atoms. The van der Waals surface area contributed by atoms with Gasteiger partial charge in [-0.15, -0.1) is 0 Å².